The van der Waals surface area contributed by atoms with Crippen molar-refractivity contribution < 1.29 is 14.6 Å². The van der Waals surface area contributed by atoms with Crippen LogP contribution in [0.2, 0.25) is 0 Å². The Hall–Kier alpha value is -5.04. The third-order valence-corrected chi connectivity index (χ3v) is 5.62. The quantitative estimate of drug-likeness (QED) is 0.346. The van der Waals surface area contributed by atoms with E-state index in [9.17, 15) is 14.7 Å². The second kappa shape index (κ2) is 10.1. The number of carbonyl (C=O) groups is 1. The van der Waals surface area contributed by atoms with E-state index in [2.05, 4.69) is 4.98 Å². The molecule has 0 radical (unpaired) electrons. The molecule has 36 heavy (non-hydrogen) atoms. The summed E-state index contributed by atoms with van der Waals surface area (Å²) in [5.41, 5.74) is 2.75. The number of carboxylic acids is 1. The van der Waals surface area contributed by atoms with Gasteiger partial charge in [0.05, 0.1) is 22.2 Å². The van der Waals surface area contributed by atoms with E-state index in [1.165, 1.54) is 16.7 Å². The summed E-state index contributed by atoms with van der Waals surface area (Å²) < 4.78 is 7.50. The lowest BCUT2D eigenvalue weighted by atomic mass is 10.1. The van der Waals surface area contributed by atoms with Crippen LogP contribution in [-0.2, 0) is 6.61 Å². The molecule has 7 nitrogen and oxygen atoms in total. The highest BCUT2D eigenvalue weighted by molar-refractivity contribution is 5.88. The van der Waals surface area contributed by atoms with Gasteiger partial charge in [0, 0.05) is 23.5 Å². The molecule has 176 valence electrons. The molecule has 5 aromatic rings. The number of fused-ring (bicyclic) bond motifs is 1. The molecule has 0 spiro atoms. The zero-order valence-electron chi connectivity index (χ0n) is 19.1. The summed E-state index contributed by atoms with van der Waals surface area (Å²) in [4.78, 5) is 33.6. The largest absolute Gasteiger partial charge is 0.488 e. The third-order valence-electron chi connectivity index (χ3n) is 5.62. The number of aromatic carboxylic acids is 1. The Morgan fingerprint density at radius 2 is 1.69 bits per heavy atom. The monoisotopic (exact) mass is 475 g/mol. The minimum absolute atomic E-state index is 0.136. The fourth-order valence-corrected chi connectivity index (χ4v) is 3.82. The number of aromatic nitrogens is 3. The van der Waals surface area contributed by atoms with Crippen LogP contribution in [0.15, 0.2) is 102 Å². The standard InChI is InChI=1S/C29H21N3O4/c33-28-24-8-2-3-9-25(24)31-27(32(28)23-14-11-22(12-15-23)29(34)35)16-13-21-7-1-4-10-26(21)36-19-20-6-5-17-30-18-20/h1-18H,19H2,(H,34,35)/b16-13+. The van der Waals surface area contributed by atoms with E-state index in [1.807, 2.05) is 48.5 Å². The van der Waals surface area contributed by atoms with Gasteiger partial charge < -0.3 is 9.84 Å². The summed E-state index contributed by atoms with van der Waals surface area (Å²) in [7, 11) is 0. The van der Waals surface area contributed by atoms with Gasteiger partial charge in [-0.15, -0.1) is 0 Å². The Balaban J connectivity index is 1.55. The smallest absolute Gasteiger partial charge is 0.335 e. The summed E-state index contributed by atoms with van der Waals surface area (Å²) in [6, 6.07) is 24.7. The zero-order valence-corrected chi connectivity index (χ0v) is 19.1. The number of hydrogen-bond acceptors (Lipinski definition) is 5. The number of benzene rings is 3. The molecule has 2 heterocycles. The number of ether oxygens (including phenoxy) is 1. The average Bonchev–Trinajstić information content (AvgIpc) is 2.92. The van der Waals surface area contributed by atoms with Crippen molar-refractivity contribution >= 4 is 29.0 Å². The molecule has 1 N–H and O–H groups in total. The second-order valence-corrected chi connectivity index (χ2v) is 8.00. The first kappa shape index (κ1) is 22.7. The van der Waals surface area contributed by atoms with Crippen LogP contribution in [0.4, 0.5) is 0 Å². The SMILES string of the molecule is O=C(O)c1ccc(-n2c(/C=C/c3ccccc3OCc3cccnc3)nc3ccccc3c2=O)cc1. The number of para-hydroxylation sites is 2. The molecule has 0 saturated heterocycles. The van der Waals surface area contributed by atoms with Gasteiger partial charge in [0.25, 0.3) is 5.56 Å². The topological polar surface area (TPSA) is 94.3 Å². The van der Waals surface area contributed by atoms with E-state index in [-0.39, 0.29) is 11.1 Å². The molecule has 0 aliphatic carbocycles. The molecule has 0 aliphatic rings. The fraction of sp³-hybridized carbons (Fsp3) is 0.0345. The van der Waals surface area contributed by atoms with Crippen LogP contribution < -0.4 is 10.3 Å². The van der Waals surface area contributed by atoms with E-state index >= 15 is 0 Å². The second-order valence-electron chi connectivity index (χ2n) is 8.00. The molecular formula is C29H21N3O4. The van der Waals surface area contributed by atoms with Crippen LogP contribution in [0.1, 0.15) is 27.3 Å². The van der Waals surface area contributed by atoms with Crippen LogP contribution in [0, 0.1) is 0 Å². The Morgan fingerprint density at radius 3 is 2.47 bits per heavy atom. The van der Waals surface area contributed by atoms with Crippen LogP contribution >= 0.6 is 0 Å². The Bertz CT molecular complexity index is 1620. The molecule has 7 heteroatoms. The maximum Gasteiger partial charge on any atom is 0.335 e. The van der Waals surface area contributed by atoms with Crippen LogP contribution in [0.3, 0.4) is 0 Å². The van der Waals surface area contributed by atoms with Crippen molar-refractivity contribution in [1.29, 1.82) is 0 Å². The van der Waals surface area contributed by atoms with Crippen molar-refractivity contribution in [3.8, 4) is 11.4 Å². The highest BCUT2D eigenvalue weighted by Gasteiger charge is 2.12. The number of carboxylic acid groups (broad SMARTS) is 1. The summed E-state index contributed by atoms with van der Waals surface area (Å²) in [6.07, 6.45) is 7.07. The lowest BCUT2D eigenvalue weighted by molar-refractivity contribution is 0.0697. The van der Waals surface area contributed by atoms with Crippen molar-refractivity contribution in [2.75, 3.05) is 0 Å². The molecule has 0 amide bonds. The first-order valence-corrected chi connectivity index (χ1v) is 11.2. The Labute approximate surface area is 206 Å². The van der Waals surface area contributed by atoms with Gasteiger partial charge in [-0.05, 0) is 60.7 Å². The molecule has 3 aromatic carbocycles. The van der Waals surface area contributed by atoms with Crippen molar-refractivity contribution in [1.82, 2.24) is 14.5 Å². The lowest BCUT2D eigenvalue weighted by Crippen LogP contribution is -2.22. The van der Waals surface area contributed by atoms with E-state index in [4.69, 9.17) is 9.72 Å². The van der Waals surface area contributed by atoms with E-state index in [0.29, 0.717) is 34.8 Å². The minimum Gasteiger partial charge on any atom is -0.488 e. The molecule has 5 rings (SSSR count). The van der Waals surface area contributed by atoms with Gasteiger partial charge in [0.15, 0.2) is 0 Å². The van der Waals surface area contributed by atoms with E-state index in [1.54, 1.807) is 48.8 Å². The van der Waals surface area contributed by atoms with Crippen molar-refractivity contribution in [3.63, 3.8) is 0 Å². The Kier molecular flexibility index (Phi) is 6.36. The van der Waals surface area contributed by atoms with Gasteiger partial charge in [-0.3, -0.25) is 14.3 Å². The molecule has 0 aliphatic heterocycles. The van der Waals surface area contributed by atoms with E-state index in [0.717, 1.165) is 11.1 Å². The maximum atomic E-state index is 13.4. The van der Waals surface area contributed by atoms with Gasteiger partial charge in [0.1, 0.15) is 18.2 Å². The van der Waals surface area contributed by atoms with Gasteiger partial charge in [-0.2, -0.15) is 0 Å². The van der Waals surface area contributed by atoms with Crippen LogP contribution in [0.5, 0.6) is 5.75 Å². The predicted octanol–water partition coefficient (Wildman–Crippen LogP) is 5.23. The first-order valence-electron chi connectivity index (χ1n) is 11.2. The van der Waals surface area contributed by atoms with Crippen molar-refractivity contribution in [2.45, 2.75) is 6.61 Å². The van der Waals surface area contributed by atoms with E-state index < -0.39 is 5.97 Å². The number of rotatable bonds is 7. The summed E-state index contributed by atoms with van der Waals surface area (Å²) in [5, 5.41) is 9.71. The summed E-state index contributed by atoms with van der Waals surface area (Å²) in [5.74, 6) is 0.0514. The molecule has 0 saturated carbocycles. The molecular weight excluding hydrogens is 454 g/mol. The predicted molar refractivity (Wildman–Crippen MR) is 138 cm³/mol. The summed E-state index contributed by atoms with van der Waals surface area (Å²) >= 11 is 0. The van der Waals surface area contributed by atoms with Gasteiger partial charge in [0.2, 0.25) is 0 Å². The molecule has 0 atom stereocenters. The molecule has 0 bridgehead atoms. The highest BCUT2D eigenvalue weighted by atomic mass is 16.5. The maximum absolute atomic E-state index is 13.4. The van der Waals surface area contributed by atoms with Crippen LogP contribution in [-0.4, -0.2) is 25.6 Å². The number of hydrogen-bond donors (Lipinski definition) is 1. The fourth-order valence-electron chi connectivity index (χ4n) is 3.82. The van der Waals surface area contributed by atoms with Crippen molar-refractivity contribution in [2.24, 2.45) is 0 Å². The van der Waals surface area contributed by atoms with Gasteiger partial charge in [-0.1, -0.05) is 36.4 Å². The van der Waals surface area contributed by atoms with Gasteiger partial charge in [-0.25, -0.2) is 9.78 Å². The van der Waals surface area contributed by atoms with Gasteiger partial charge >= 0.3 is 5.97 Å². The Morgan fingerprint density at radius 1 is 0.917 bits per heavy atom. The normalized spacial score (nSPS) is 11.1. The lowest BCUT2D eigenvalue weighted by Gasteiger charge is -2.12. The highest BCUT2D eigenvalue weighted by Crippen LogP contribution is 2.23. The molecule has 2 aromatic heterocycles. The molecule has 0 fully saturated rings. The van der Waals surface area contributed by atoms with Crippen molar-refractivity contribution in [3.05, 3.63) is 130 Å². The first-order chi connectivity index (χ1) is 17.6. The average molecular weight is 476 g/mol. The summed E-state index contributed by atoms with van der Waals surface area (Å²) in [6.45, 7) is 0.369. The number of pyridine rings is 1. The number of nitrogens with zero attached hydrogens (tertiary/aromatic N) is 3. The molecule has 0 unspecified atom stereocenters. The minimum atomic E-state index is -1.03. The third kappa shape index (κ3) is 4.76. The zero-order chi connectivity index (χ0) is 24.9. The van der Waals surface area contributed by atoms with Crippen LogP contribution in [0.25, 0.3) is 28.7 Å².